The number of anilines is 2. The highest BCUT2D eigenvalue weighted by atomic mass is 16.5. The highest BCUT2D eigenvalue weighted by Crippen LogP contribution is 2.17. The minimum absolute atomic E-state index is 0.00364. The maximum atomic E-state index is 12.7. The zero-order valence-electron chi connectivity index (χ0n) is 17.1. The molecule has 0 saturated carbocycles. The summed E-state index contributed by atoms with van der Waals surface area (Å²) in [6.45, 7) is 5.89. The molecule has 0 aromatic heterocycles. The Bertz CT molecular complexity index is 923. The van der Waals surface area contributed by atoms with E-state index in [0.717, 1.165) is 0 Å². The summed E-state index contributed by atoms with van der Waals surface area (Å²) in [5, 5.41) is 8.24. The maximum absolute atomic E-state index is 12.7. The minimum atomic E-state index is -0.336. The Morgan fingerprint density at radius 3 is 2.17 bits per heavy atom. The van der Waals surface area contributed by atoms with Crippen LogP contribution in [0.25, 0.3) is 0 Å². The van der Waals surface area contributed by atoms with E-state index in [9.17, 15) is 14.4 Å². The van der Waals surface area contributed by atoms with Crippen molar-refractivity contribution in [3.8, 4) is 0 Å². The van der Waals surface area contributed by atoms with Crippen molar-refractivity contribution in [2.75, 3.05) is 36.9 Å². The van der Waals surface area contributed by atoms with Crippen LogP contribution in [0.3, 0.4) is 0 Å². The largest absolute Gasteiger partial charge is 0.378 e. The lowest BCUT2D eigenvalue weighted by Gasteiger charge is -2.27. The molecule has 1 heterocycles. The van der Waals surface area contributed by atoms with Gasteiger partial charge in [-0.15, -0.1) is 0 Å². The van der Waals surface area contributed by atoms with Gasteiger partial charge in [-0.25, -0.2) is 4.79 Å². The van der Waals surface area contributed by atoms with E-state index in [0.29, 0.717) is 48.8 Å². The summed E-state index contributed by atoms with van der Waals surface area (Å²) in [5.74, 6) is -0.421. The van der Waals surface area contributed by atoms with Crippen LogP contribution in [0.1, 0.15) is 34.6 Å². The number of carbonyl (C=O) groups excluding carboxylic acids is 3. The van der Waals surface area contributed by atoms with Crippen molar-refractivity contribution in [3.05, 3.63) is 59.7 Å². The average Bonchev–Trinajstić information content (AvgIpc) is 2.73. The third-order valence-corrected chi connectivity index (χ3v) is 4.47. The second-order valence-corrected chi connectivity index (χ2v) is 7.27. The minimum Gasteiger partial charge on any atom is -0.378 e. The fourth-order valence-electron chi connectivity index (χ4n) is 3.05. The first-order chi connectivity index (χ1) is 14.4. The molecule has 4 amide bonds. The number of ether oxygens (including phenoxy) is 1. The van der Waals surface area contributed by atoms with Gasteiger partial charge < -0.3 is 25.6 Å². The molecule has 30 heavy (non-hydrogen) atoms. The van der Waals surface area contributed by atoms with Crippen molar-refractivity contribution in [2.24, 2.45) is 0 Å². The third kappa shape index (κ3) is 5.81. The van der Waals surface area contributed by atoms with Gasteiger partial charge in [-0.05, 0) is 50.2 Å². The number of amides is 4. The van der Waals surface area contributed by atoms with Gasteiger partial charge in [0.25, 0.3) is 11.8 Å². The molecule has 1 saturated heterocycles. The van der Waals surface area contributed by atoms with Crippen molar-refractivity contribution >= 4 is 29.2 Å². The lowest BCUT2D eigenvalue weighted by Crippen LogP contribution is -2.40. The van der Waals surface area contributed by atoms with Gasteiger partial charge in [-0.2, -0.15) is 0 Å². The van der Waals surface area contributed by atoms with Gasteiger partial charge in [-0.1, -0.05) is 12.1 Å². The molecular weight excluding hydrogens is 384 g/mol. The van der Waals surface area contributed by atoms with Gasteiger partial charge in [0.2, 0.25) is 0 Å². The molecule has 0 aliphatic carbocycles. The standard InChI is InChI=1S/C22H26N4O4/c1-15(2)23-22(29)25-19-8-3-5-16(13-19)20(27)24-18-7-4-6-17(14-18)21(28)26-9-11-30-12-10-26/h3-8,13-15H,9-12H2,1-2H3,(H,24,27)(H2,23,25,29). The van der Waals surface area contributed by atoms with E-state index in [-0.39, 0.29) is 23.9 Å². The highest BCUT2D eigenvalue weighted by Gasteiger charge is 2.19. The molecule has 3 rings (SSSR count). The molecule has 2 aromatic carbocycles. The molecule has 8 nitrogen and oxygen atoms in total. The van der Waals surface area contributed by atoms with Crippen LogP contribution in [0.2, 0.25) is 0 Å². The molecule has 2 aromatic rings. The lowest BCUT2D eigenvalue weighted by atomic mass is 10.1. The number of morpholine rings is 1. The Morgan fingerprint density at radius 1 is 0.900 bits per heavy atom. The van der Waals surface area contributed by atoms with Crippen LogP contribution in [0, 0.1) is 0 Å². The number of hydrogen-bond donors (Lipinski definition) is 3. The van der Waals surface area contributed by atoms with Gasteiger partial charge in [0.05, 0.1) is 13.2 Å². The van der Waals surface area contributed by atoms with Crippen LogP contribution < -0.4 is 16.0 Å². The molecule has 1 fully saturated rings. The number of nitrogens with zero attached hydrogens (tertiary/aromatic N) is 1. The summed E-state index contributed by atoms with van der Waals surface area (Å²) in [6.07, 6.45) is 0. The summed E-state index contributed by atoms with van der Waals surface area (Å²) in [4.78, 5) is 38.9. The first-order valence-electron chi connectivity index (χ1n) is 9.88. The Morgan fingerprint density at radius 2 is 1.50 bits per heavy atom. The van der Waals surface area contributed by atoms with Crippen molar-refractivity contribution in [3.63, 3.8) is 0 Å². The topological polar surface area (TPSA) is 99.8 Å². The summed E-state index contributed by atoms with van der Waals surface area (Å²) >= 11 is 0. The van der Waals surface area contributed by atoms with Gasteiger partial charge in [0.15, 0.2) is 0 Å². The molecule has 0 spiro atoms. The van der Waals surface area contributed by atoms with E-state index in [1.165, 1.54) is 0 Å². The van der Waals surface area contributed by atoms with Crippen molar-refractivity contribution in [2.45, 2.75) is 19.9 Å². The Balaban J connectivity index is 1.66. The van der Waals surface area contributed by atoms with E-state index in [4.69, 9.17) is 4.74 Å². The van der Waals surface area contributed by atoms with Crippen molar-refractivity contribution < 1.29 is 19.1 Å². The number of hydrogen-bond acceptors (Lipinski definition) is 4. The molecule has 0 atom stereocenters. The summed E-state index contributed by atoms with van der Waals surface area (Å²) in [7, 11) is 0. The third-order valence-electron chi connectivity index (χ3n) is 4.47. The molecular formula is C22H26N4O4. The zero-order valence-corrected chi connectivity index (χ0v) is 17.1. The monoisotopic (exact) mass is 410 g/mol. The first kappa shape index (κ1) is 21.3. The average molecular weight is 410 g/mol. The summed E-state index contributed by atoms with van der Waals surface area (Å²) in [6, 6.07) is 13.2. The molecule has 158 valence electrons. The zero-order chi connectivity index (χ0) is 21.5. The maximum Gasteiger partial charge on any atom is 0.319 e. The van der Waals surface area contributed by atoms with E-state index >= 15 is 0 Å². The number of nitrogens with one attached hydrogen (secondary N) is 3. The van der Waals surface area contributed by atoms with Crippen molar-refractivity contribution in [1.29, 1.82) is 0 Å². The predicted octanol–water partition coefficient (Wildman–Crippen LogP) is 2.94. The highest BCUT2D eigenvalue weighted by molar-refractivity contribution is 6.06. The van der Waals surface area contributed by atoms with Gasteiger partial charge in [0.1, 0.15) is 0 Å². The van der Waals surface area contributed by atoms with Gasteiger partial charge in [0, 0.05) is 41.6 Å². The Kier molecular flexibility index (Phi) is 7.03. The Labute approximate surface area is 175 Å². The molecule has 3 N–H and O–H groups in total. The van der Waals surface area contributed by atoms with E-state index in [2.05, 4.69) is 16.0 Å². The van der Waals surface area contributed by atoms with Gasteiger partial charge in [-0.3, -0.25) is 9.59 Å². The van der Waals surface area contributed by atoms with E-state index < -0.39 is 0 Å². The lowest BCUT2D eigenvalue weighted by molar-refractivity contribution is 0.0303. The SMILES string of the molecule is CC(C)NC(=O)Nc1cccc(C(=O)Nc2cccc(C(=O)N3CCOCC3)c2)c1. The van der Waals surface area contributed by atoms with E-state index in [1.54, 1.807) is 53.4 Å². The smallest absolute Gasteiger partial charge is 0.319 e. The fourth-order valence-corrected chi connectivity index (χ4v) is 3.05. The first-order valence-corrected chi connectivity index (χ1v) is 9.88. The van der Waals surface area contributed by atoms with Crippen molar-refractivity contribution in [1.82, 2.24) is 10.2 Å². The Hall–Kier alpha value is -3.39. The number of benzene rings is 2. The van der Waals surface area contributed by atoms with Crippen LogP contribution in [-0.2, 0) is 4.74 Å². The molecule has 8 heteroatoms. The van der Waals surface area contributed by atoms with E-state index in [1.807, 2.05) is 13.8 Å². The molecule has 0 bridgehead atoms. The molecule has 0 unspecified atom stereocenters. The van der Waals surface area contributed by atoms with Crippen LogP contribution in [0.5, 0.6) is 0 Å². The number of urea groups is 1. The molecule has 1 aliphatic rings. The summed E-state index contributed by atoms with van der Waals surface area (Å²) in [5.41, 5.74) is 1.93. The second kappa shape index (κ2) is 9.89. The number of rotatable bonds is 5. The van der Waals surface area contributed by atoms with Crippen LogP contribution in [0.15, 0.2) is 48.5 Å². The second-order valence-electron chi connectivity index (χ2n) is 7.27. The quantitative estimate of drug-likeness (QED) is 0.706. The van der Waals surface area contributed by atoms with Crippen LogP contribution >= 0.6 is 0 Å². The van der Waals surface area contributed by atoms with Gasteiger partial charge >= 0.3 is 6.03 Å². The number of carbonyl (C=O) groups is 3. The predicted molar refractivity (Wildman–Crippen MR) is 115 cm³/mol. The normalized spacial score (nSPS) is 13.6. The van der Waals surface area contributed by atoms with Crippen LogP contribution in [-0.4, -0.2) is 55.1 Å². The fraction of sp³-hybridized carbons (Fsp3) is 0.318. The molecule has 0 radical (unpaired) electrons. The van der Waals surface area contributed by atoms with Crippen LogP contribution in [0.4, 0.5) is 16.2 Å². The molecule has 1 aliphatic heterocycles. The summed E-state index contributed by atoms with van der Waals surface area (Å²) < 4.78 is 5.28.